The van der Waals surface area contributed by atoms with Gasteiger partial charge in [0.25, 0.3) is 5.69 Å². The largest absolute Gasteiger partial charge is 0.271 e. The number of aryl methyl sites for hydroxylation is 1. The van der Waals surface area contributed by atoms with Crippen LogP contribution in [0.3, 0.4) is 0 Å². The molecule has 0 saturated carbocycles. The smallest absolute Gasteiger partial charge is 0.258 e. The standard InChI is InChI=1S/C8H7IN3O2P/c1-5-7-3-2-6(12(13)14)4-8(7)11(10-5)15-9/h2-4,15H,1H3. The highest BCUT2D eigenvalue weighted by Gasteiger charge is 2.11. The summed E-state index contributed by atoms with van der Waals surface area (Å²) >= 11 is 2.20. The molecule has 78 valence electrons. The van der Waals surface area contributed by atoms with Crippen molar-refractivity contribution in [2.75, 3.05) is 0 Å². The van der Waals surface area contributed by atoms with Gasteiger partial charge in [-0.25, -0.2) is 4.45 Å². The van der Waals surface area contributed by atoms with E-state index in [1.165, 1.54) is 6.07 Å². The van der Waals surface area contributed by atoms with Gasteiger partial charge in [0.15, 0.2) is 0 Å². The van der Waals surface area contributed by atoms with E-state index in [0.29, 0.717) is 6.37 Å². The van der Waals surface area contributed by atoms with Gasteiger partial charge in [-0.15, -0.1) is 0 Å². The predicted octanol–water partition coefficient (Wildman–Crippen LogP) is 3.04. The van der Waals surface area contributed by atoms with Gasteiger partial charge in [0.05, 0.1) is 22.5 Å². The summed E-state index contributed by atoms with van der Waals surface area (Å²) in [4.78, 5) is 10.2. The maximum absolute atomic E-state index is 10.6. The van der Waals surface area contributed by atoms with Crippen LogP contribution in [0.1, 0.15) is 5.69 Å². The molecular formula is C8H7IN3O2P. The van der Waals surface area contributed by atoms with Crippen LogP contribution in [-0.2, 0) is 0 Å². The number of non-ortho nitro benzene ring substituents is 1. The number of benzene rings is 1. The number of nitro groups is 1. The Morgan fingerprint density at radius 3 is 2.93 bits per heavy atom. The summed E-state index contributed by atoms with van der Waals surface area (Å²) in [6, 6.07) is 4.84. The van der Waals surface area contributed by atoms with Crippen LogP contribution in [0.25, 0.3) is 10.9 Å². The zero-order chi connectivity index (χ0) is 11.0. The minimum atomic E-state index is -0.386. The Kier molecular flexibility index (Phi) is 2.88. The molecule has 0 fully saturated rings. The van der Waals surface area contributed by atoms with E-state index in [1.54, 1.807) is 16.6 Å². The second-order valence-corrected chi connectivity index (χ2v) is 5.08. The van der Waals surface area contributed by atoms with Gasteiger partial charge in [0.2, 0.25) is 0 Å². The molecule has 1 unspecified atom stereocenters. The van der Waals surface area contributed by atoms with Crippen molar-refractivity contribution in [2.24, 2.45) is 0 Å². The fourth-order valence-electron chi connectivity index (χ4n) is 1.44. The fraction of sp³-hybridized carbons (Fsp3) is 0.125. The second-order valence-electron chi connectivity index (χ2n) is 3.04. The van der Waals surface area contributed by atoms with Crippen molar-refractivity contribution >= 4 is 45.0 Å². The molecule has 7 heteroatoms. The summed E-state index contributed by atoms with van der Waals surface area (Å²) in [7, 11) is 0. The van der Waals surface area contributed by atoms with Crippen LogP contribution in [-0.4, -0.2) is 14.5 Å². The van der Waals surface area contributed by atoms with Gasteiger partial charge >= 0.3 is 0 Å². The van der Waals surface area contributed by atoms with Crippen LogP contribution in [0.2, 0.25) is 0 Å². The lowest BCUT2D eigenvalue weighted by Crippen LogP contribution is -1.88. The Labute approximate surface area is 100 Å². The summed E-state index contributed by atoms with van der Waals surface area (Å²) < 4.78 is 1.79. The molecule has 0 radical (unpaired) electrons. The minimum absolute atomic E-state index is 0.110. The Balaban J connectivity index is 2.73. The Hall–Kier alpha value is -0.750. The van der Waals surface area contributed by atoms with E-state index in [2.05, 4.69) is 27.1 Å². The number of fused-ring (bicyclic) bond motifs is 1. The minimum Gasteiger partial charge on any atom is -0.258 e. The third-order valence-electron chi connectivity index (χ3n) is 2.14. The molecule has 1 heterocycles. The summed E-state index contributed by atoms with van der Waals surface area (Å²) in [6.45, 7) is 1.90. The van der Waals surface area contributed by atoms with Crippen LogP contribution in [0.4, 0.5) is 5.69 Å². The van der Waals surface area contributed by atoms with Crippen LogP contribution >= 0.6 is 28.4 Å². The van der Waals surface area contributed by atoms with E-state index < -0.39 is 0 Å². The molecular weight excluding hydrogens is 328 g/mol. The highest BCUT2D eigenvalue weighted by molar-refractivity contribution is 14.2. The molecule has 0 spiro atoms. The summed E-state index contributed by atoms with van der Waals surface area (Å²) in [5.41, 5.74) is 1.84. The molecule has 0 aliphatic carbocycles. The summed E-state index contributed by atoms with van der Waals surface area (Å²) in [6.07, 6.45) is 0.448. The molecule has 0 amide bonds. The first kappa shape index (κ1) is 10.8. The topological polar surface area (TPSA) is 61.0 Å². The summed E-state index contributed by atoms with van der Waals surface area (Å²) in [5.74, 6) is 0. The maximum Gasteiger partial charge on any atom is 0.271 e. The van der Waals surface area contributed by atoms with E-state index >= 15 is 0 Å². The number of hydrogen-bond donors (Lipinski definition) is 0. The molecule has 0 saturated heterocycles. The van der Waals surface area contributed by atoms with Gasteiger partial charge in [0.1, 0.15) is 0 Å². The molecule has 1 aromatic carbocycles. The quantitative estimate of drug-likeness (QED) is 0.367. The van der Waals surface area contributed by atoms with Crippen molar-refractivity contribution in [1.29, 1.82) is 0 Å². The monoisotopic (exact) mass is 335 g/mol. The first-order chi connectivity index (χ1) is 7.13. The molecule has 2 rings (SSSR count). The first-order valence-electron chi connectivity index (χ1n) is 4.14. The maximum atomic E-state index is 10.6. The highest BCUT2D eigenvalue weighted by Crippen LogP contribution is 2.31. The van der Waals surface area contributed by atoms with Gasteiger partial charge in [-0.05, 0) is 35.0 Å². The first-order valence-corrected chi connectivity index (χ1v) is 8.20. The van der Waals surface area contributed by atoms with Crippen molar-refractivity contribution in [3.63, 3.8) is 0 Å². The molecule has 15 heavy (non-hydrogen) atoms. The Morgan fingerprint density at radius 1 is 1.60 bits per heavy atom. The van der Waals surface area contributed by atoms with Gasteiger partial charge in [-0.3, -0.25) is 10.1 Å². The van der Waals surface area contributed by atoms with Gasteiger partial charge < -0.3 is 0 Å². The lowest BCUT2D eigenvalue weighted by atomic mass is 10.2. The molecule has 0 aliphatic rings. The normalized spacial score (nSPS) is 11.6. The van der Waals surface area contributed by atoms with E-state index in [0.717, 1.165) is 16.6 Å². The third-order valence-corrected chi connectivity index (χ3v) is 4.01. The van der Waals surface area contributed by atoms with Crippen molar-refractivity contribution in [2.45, 2.75) is 6.92 Å². The van der Waals surface area contributed by atoms with Crippen LogP contribution < -0.4 is 0 Å². The van der Waals surface area contributed by atoms with Crippen LogP contribution in [0.15, 0.2) is 18.2 Å². The van der Waals surface area contributed by atoms with E-state index in [4.69, 9.17) is 0 Å². The lowest BCUT2D eigenvalue weighted by Gasteiger charge is -1.96. The molecule has 0 aliphatic heterocycles. The van der Waals surface area contributed by atoms with Gasteiger partial charge in [-0.1, -0.05) is 0 Å². The van der Waals surface area contributed by atoms with E-state index in [1.807, 2.05) is 6.92 Å². The van der Waals surface area contributed by atoms with E-state index in [-0.39, 0.29) is 10.6 Å². The molecule has 2 aromatic rings. The lowest BCUT2D eigenvalue weighted by molar-refractivity contribution is -0.384. The van der Waals surface area contributed by atoms with Crippen LogP contribution in [0, 0.1) is 17.0 Å². The average Bonchev–Trinajstić information content (AvgIpc) is 2.55. The fourth-order valence-corrected chi connectivity index (χ4v) is 3.00. The zero-order valence-electron chi connectivity index (χ0n) is 7.77. The Bertz CT molecular complexity index is 540. The number of aromatic nitrogens is 2. The number of rotatable bonds is 2. The highest BCUT2D eigenvalue weighted by atomic mass is 127. The molecule has 0 N–H and O–H groups in total. The van der Waals surface area contributed by atoms with Crippen LogP contribution in [0.5, 0.6) is 0 Å². The van der Waals surface area contributed by atoms with Gasteiger partial charge in [-0.2, -0.15) is 5.10 Å². The van der Waals surface area contributed by atoms with Crippen molar-refractivity contribution in [3.8, 4) is 0 Å². The molecule has 5 nitrogen and oxygen atoms in total. The van der Waals surface area contributed by atoms with Gasteiger partial charge in [0, 0.05) is 17.5 Å². The number of nitro benzene ring substituents is 1. The van der Waals surface area contributed by atoms with Crippen molar-refractivity contribution in [3.05, 3.63) is 34.0 Å². The number of halogens is 1. The second kappa shape index (κ2) is 4.02. The molecule has 0 bridgehead atoms. The average molecular weight is 335 g/mol. The molecule has 1 aromatic heterocycles. The number of nitrogens with zero attached hydrogens (tertiary/aromatic N) is 3. The SMILES string of the molecule is Cc1nn(PI)c2cc([N+](=O)[O-])ccc12. The van der Waals surface area contributed by atoms with Crippen molar-refractivity contribution < 1.29 is 4.92 Å². The summed E-state index contributed by atoms with van der Waals surface area (Å²) in [5, 5.41) is 15.9. The Morgan fingerprint density at radius 2 is 2.33 bits per heavy atom. The third kappa shape index (κ3) is 1.83. The predicted molar refractivity (Wildman–Crippen MR) is 68.9 cm³/mol. The number of hydrogen-bond acceptors (Lipinski definition) is 3. The van der Waals surface area contributed by atoms with E-state index in [9.17, 15) is 10.1 Å². The zero-order valence-corrected chi connectivity index (χ0v) is 10.9. The van der Waals surface area contributed by atoms with Crippen molar-refractivity contribution in [1.82, 2.24) is 9.55 Å². The molecule has 1 atom stereocenters.